The fourth-order valence-corrected chi connectivity index (χ4v) is 2.82. The summed E-state index contributed by atoms with van der Waals surface area (Å²) >= 11 is 0. The summed E-state index contributed by atoms with van der Waals surface area (Å²) in [6.07, 6.45) is 2.39. The molecule has 1 unspecified atom stereocenters. The zero-order valence-electron chi connectivity index (χ0n) is 9.70. The van der Waals surface area contributed by atoms with Gasteiger partial charge in [0.15, 0.2) is 0 Å². The highest BCUT2D eigenvalue weighted by atomic mass is 16.5. The molecule has 2 heterocycles. The van der Waals surface area contributed by atoms with Crippen LogP contribution in [-0.4, -0.2) is 32.8 Å². The Morgan fingerprint density at radius 1 is 1.44 bits per heavy atom. The maximum Gasteiger partial charge on any atom is 0.119 e. The standard InChI is InChI=1S/C13H18N2O/c1-16-12-3-4-13-10(8-12)7-11-9-14-5-2-6-15(11)13/h3-4,8,11,14H,2,5-7,9H2,1H3. The van der Waals surface area contributed by atoms with Crippen LogP contribution in [0.3, 0.4) is 0 Å². The van der Waals surface area contributed by atoms with E-state index in [0.717, 1.165) is 25.3 Å². The fourth-order valence-electron chi connectivity index (χ4n) is 2.82. The van der Waals surface area contributed by atoms with E-state index in [1.54, 1.807) is 7.11 Å². The van der Waals surface area contributed by atoms with Crippen LogP contribution < -0.4 is 15.0 Å². The number of rotatable bonds is 1. The van der Waals surface area contributed by atoms with Gasteiger partial charge in [-0.05, 0) is 43.1 Å². The average Bonchev–Trinajstić information content (AvgIpc) is 2.50. The molecule has 0 amide bonds. The predicted molar refractivity (Wildman–Crippen MR) is 65.3 cm³/mol. The first-order chi connectivity index (χ1) is 7.88. The van der Waals surface area contributed by atoms with Gasteiger partial charge >= 0.3 is 0 Å². The molecule has 3 heteroatoms. The number of benzene rings is 1. The van der Waals surface area contributed by atoms with E-state index in [2.05, 4.69) is 28.4 Å². The normalized spacial score (nSPS) is 23.6. The van der Waals surface area contributed by atoms with Crippen LogP contribution in [-0.2, 0) is 6.42 Å². The highest BCUT2D eigenvalue weighted by Gasteiger charge is 2.29. The second-order valence-electron chi connectivity index (χ2n) is 4.60. The Labute approximate surface area is 96.4 Å². The van der Waals surface area contributed by atoms with Gasteiger partial charge < -0.3 is 15.0 Å². The van der Waals surface area contributed by atoms with Crippen LogP contribution in [0.15, 0.2) is 18.2 Å². The summed E-state index contributed by atoms with van der Waals surface area (Å²) in [6, 6.07) is 7.10. The van der Waals surface area contributed by atoms with Gasteiger partial charge in [-0.1, -0.05) is 0 Å². The molecule has 0 aliphatic carbocycles. The minimum Gasteiger partial charge on any atom is -0.497 e. The molecule has 0 aromatic heterocycles. The molecule has 86 valence electrons. The lowest BCUT2D eigenvalue weighted by molar-refractivity contribution is 0.414. The molecule has 1 aromatic carbocycles. The van der Waals surface area contributed by atoms with Gasteiger partial charge in [-0.25, -0.2) is 0 Å². The van der Waals surface area contributed by atoms with Crippen LogP contribution in [0.1, 0.15) is 12.0 Å². The van der Waals surface area contributed by atoms with Crippen LogP contribution >= 0.6 is 0 Å². The Balaban J connectivity index is 1.93. The first kappa shape index (κ1) is 9.97. The van der Waals surface area contributed by atoms with Crippen LogP contribution in [0.2, 0.25) is 0 Å². The molecule has 1 aromatic rings. The predicted octanol–water partition coefficient (Wildman–Crippen LogP) is 1.42. The minimum atomic E-state index is 0.643. The van der Waals surface area contributed by atoms with Crippen molar-refractivity contribution in [3.05, 3.63) is 23.8 Å². The van der Waals surface area contributed by atoms with Crippen LogP contribution in [0.5, 0.6) is 5.75 Å². The number of nitrogens with one attached hydrogen (secondary N) is 1. The molecule has 1 fully saturated rings. The second-order valence-corrected chi connectivity index (χ2v) is 4.60. The summed E-state index contributed by atoms with van der Waals surface area (Å²) in [7, 11) is 1.73. The van der Waals surface area contributed by atoms with Crippen LogP contribution in [0.25, 0.3) is 0 Å². The van der Waals surface area contributed by atoms with E-state index in [-0.39, 0.29) is 0 Å². The van der Waals surface area contributed by atoms with Crippen molar-refractivity contribution in [2.75, 3.05) is 31.6 Å². The third-order valence-corrected chi connectivity index (χ3v) is 3.62. The summed E-state index contributed by atoms with van der Waals surface area (Å²) in [6.45, 7) is 3.44. The van der Waals surface area contributed by atoms with E-state index in [0.29, 0.717) is 6.04 Å². The number of fused-ring (bicyclic) bond motifs is 3. The smallest absolute Gasteiger partial charge is 0.119 e. The van der Waals surface area contributed by atoms with Gasteiger partial charge in [-0.2, -0.15) is 0 Å². The first-order valence-electron chi connectivity index (χ1n) is 6.03. The maximum atomic E-state index is 5.28. The molecule has 0 radical (unpaired) electrons. The first-order valence-corrected chi connectivity index (χ1v) is 6.03. The Kier molecular flexibility index (Phi) is 2.48. The van der Waals surface area contributed by atoms with Gasteiger partial charge in [0.25, 0.3) is 0 Å². The molecular formula is C13H18N2O. The Hall–Kier alpha value is -1.22. The van der Waals surface area contributed by atoms with Gasteiger partial charge in [-0.3, -0.25) is 0 Å². The number of hydrogen-bond donors (Lipinski definition) is 1. The van der Waals surface area contributed by atoms with Crippen molar-refractivity contribution < 1.29 is 4.74 Å². The van der Waals surface area contributed by atoms with Gasteiger partial charge in [-0.15, -0.1) is 0 Å². The molecule has 0 spiro atoms. The quantitative estimate of drug-likeness (QED) is 0.771. The van der Waals surface area contributed by atoms with Crippen molar-refractivity contribution in [2.24, 2.45) is 0 Å². The van der Waals surface area contributed by atoms with E-state index in [9.17, 15) is 0 Å². The molecular weight excluding hydrogens is 200 g/mol. The molecule has 1 atom stereocenters. The second kappa shape index (κ2) is 3.98. The van der Waals surface area contributed by atoms with Gasteiger partial charge in [0.05, 0.1) is 7.11 Å². The third kappa shape index (κ3) is 1.55. The van der Waals surface area contributed by atoms with Crippen molar-refractivity contribution in [3.8, 4) is 5.75 Å². The van der Waals surface area contributed by atoms with E-state index in [1.165, 1.54) is 24.2 Å². The lowest BCUT2D eigenvalue weighted by atomic mass is 10.1. The highest BCUT2D eigenvalue weighted by molar-refractivity contribution is 5.61. The fraction of sp³-hybridized carbons (Fsp3) is 0.538. The summed E-state index contributed by atoms with van der Waals surface area (Å²) in [4.78, 5) is 2.55. The monoisotopic (exact) mass is 218 g/mol. The zero-order valence-corrected chi connectivity index (χ0v) is 9.70. The molecule has 16 heavy (non-hydrogen) atoms. The molecule has 1 saturated heterocycles. The lowest BCUT2D eigenvalue weighted by Gasteiger charge is -2.24. The molecule has 2 aliphatic rings. The van der Waals surface area contributed by atoms with Crippen molar-refractivity contribution in [3.63, 3.8) is 0 Å². The minimum absolute atomic E-state index is 0.643. The Bertz CT molecular complexity index is 392. The van der Waals surface area contributed by atoms with E-state index in [4.69, 9.17) is 4.74 Å². The van der Waals surface area contributed by atoms with Crippen LogP contribution in [0.4, 0.5) is 5.69 Å². The molecule has 1 N–H and O–H groups in total. The summed E-state index contributed by atoms with van der Waals surface area (Å²) < 4.78 is 5.28. The maximum absolute atomic E-state index is 5.28. The SMILES string of the molecule is COc1ccc2c(c1)CC1CNCCCN21. The molecule has 0 saturated carbocycles. The molecule has 2 aliphatic heterocycles. The summed E-state index contributed by atoms with van der Waals surface area (Å²) in [5, 5.41) is 3.51. The van der Waals surface area contributed by atoms with Crippen molar-refractivity contribution in [1.29, 1.82) is 0 Å². The number of methoxy groups -OCH3 is 1. The molecule has 0 bridgehead atoms. The highest BCUT2D eigenvalue weighted by Crippen LogP contribution is 2.35. The Morgan fingerprint density at radius 2 is 2.38 bits per heavy atom. The van der Waals surface area contributed by atoms with Crippen molar-refractivity contribution in [1.82, 2.24) is 5.32 Å². The number of anilines is 1. The van der Waals surface area contributed by atoms with E-state index < -0.39 is 0 Å². The van der Waals surface area contributed by atoms with Crippen molar-refractivity contribution in [2.45, 2.75) is 18.9 Å². The average molecular weight is 218 g/mol. The van der Waals surface area contributed by atoms with E-state index >= 15 is 0 Å². The number of ether oxygens (including phenoxy) is 1. The molecule has 3 nitrogen and oxygen atoms in total. The van der Waals surface area contributed by atoms with Gasteiger partial charge in [0, 0.05) is 24.8 Å². The van der Waals surface area contributed by atoms with Crippen LogP contribution in [0, 0.1) is 0 Å². The van der Waals surface area contributed by atoms with E-state index in [1.807, 2.05) is 0 Å². The van der Waals surface area contributed by atoms with Gasteiger partial charge in [0.2, 0.25) is 0 Å². The zero-order chi connectivity index (χ0) is 11.0. The topological polar surface area (TPSA) is 24.5 Å². The number of hydrogen-bond acceptors (Lipinski definition) is 3. The van der Waals surface area contributed by atoms with Crippen molar-refractivity contribution >= 4 is 5.69 Å². The largest absolute Gasteiger partial charge is 0.497 e. The summed E-state index contributed by atoms with van der Waals surface area (Å²) in [5.74, 6) is 0.976. The summed E-state index contributed by atoms with van der Waals surface area (Å²) in [5.41, 5.74) is 2.85. The number of nitrogens with zero attached hydrogens (tertiary/aromatic N) is 1. The van der Waals surface area contributed by atoms with Gasteiger partial charge in [0.1, 0.15) is 5.75 Å². The lowest BCUT2D eigenvalue weighted by Crippen LogP contribution is -2.36. The third-order valence-electron chi connectivity index (χ3n) is 3.62. The Morgan fingerprint density at radius 3 is 3.25 bits per heavy atom. The molecule has 3 rings (SSSR count).